The van der Waals surface area contributed by atoms with Gasteiger partial charge in [0.05, 0.1) is 4.90 Å². The molecule has 0 saturated heterocycles. The van der Waals surface area contributed by atoms with E-state index in [0.717, 1.165) is 29.3 Å². The summed E-state index contributed by atoms with van der Waals surface area (Å²) in [5.74, 6) is 0. The summed E-state index contributed by atoms with van der Waals surface area (Å²) in [6.45, 7) is 4.52. The zero-order valence-corrected chi connectivity index (χ0v) is 16.7. The molecule has 0 saturated carbocycles. The molecular formula is C21H22N4O2S. The van der Waals surface area contributed by atoms with Crippen molar-refractivity contribution in [3.8, 4) is 0 Å². The van der Waals surface area contributed by atoms with Crippen LogP contribution >= 0.6 is 0 Å². The minimum atomic E-state index is -3.91. The lowest BCUT2D eigenvalue weighted by Crippen LogP contribution is -2.28. The number of unbranched alkanes of at least 4 members (excludes halogenated alkanes) is 1. The molecule has 0 unspecified atom stereocenters. The van der Waals surface area contributed by atoms with Gasteiger partial charge in [-0.2, -0.15) is 0 Å². The molecule has 7 heteroatoms. The van der Waals surface area contributed by atoms with Gasteiger partial charge >= 0.3 is 0 Å². The monoisotopic (exact) mass is 394 g/mol. The molecule has 0 aliphatic carbocycles. The van der Waals surface area contributed by atoms with E-state index < -0.39 is 9.84 Å². The van der Waals surface area contributed by atoms with E-state index >= 15 is 0 Å². The van der Waals surface area contributed by atoms with Gasteiger partial charge in [-0.1, -0.05) is 49.2 Å². The largest absolute Gasteiger partial charge is 0.339 e. The van der Waals surface area contributed by atoms with Crippen LogP contribution in [-0.4, -0.2) is 23.0 Å². The predicted molar refractivity (Wildman–Crippen MR) is 109 cm³/mol. The second kappa shape index (κ2) is 6.91. The second-order valence-electron chi connectivity index (χ2n) is 6.96. The number of rotatable bonds is 5. The van der Waals surface area contributed by atoms with Gasteiger partial charge in [0.15, 0.2) is 5.49 Å². The van der Waals surface area contributed by atoms with E-state index in [1.165, 1.54) is 0 Å². The lowest BCUT2D eigenvalue weighted by Gasteiger charge is -2.12. The molecule has 0 atom stereocenters. The van der Waals surface area contributed by atoms with Crippen molar-refractivity contribution in [1.82, 2.24) is 14.5 Å². The second-order valence-corrected chi connectivity index (χ2v) is 8.82. The van der Waals surface area contributed by atoms with Crippen LogP contribution in [0.5, 0.6) is 0 Å². The first-order chi connectivity index (χ1) is 13.4. The molecule has 4 aromatic rings. The van der Waals surface area contributed by atoms with Crippen molar-refractivity contribution in [2.75, 3.05) is 0 Å². The molecule has 2 heterocycles. The number of hydrogen-bond acceptors (Lipinski definition) is 4. The molecule has 0 fully saturated rings. The van der Waals surface area contributed by atoms with Gasteiger partial charge in [-0.25, -0.2) is 13.4 Å². The fourth-order valence-electron chi connectivity index (χ4n) is 3.36. The highest BCUT2D eigenvalue weighted by molar-refractivity contribution is 7.91. The Morgan fingerprint density at radius 2 is 1.82 bits per heavy atom. The third kappa shape index (κ3) is 2.92. The van der Waals surface area contributed by atoms with Crippen molar-refractivity contribution in [1.29, 1.82) is 5.41 Å². The van der Waals surface area contributed by atoms with Crippen molar-refractivity contribution in [2.45, 2.75) is 43.2 Å². The molecule has 0 bridgehead atoms. The topological polar surface area (TPSA) is 91.6 Å². The third-order valence-corrected chi connectivity index (χ3v) is 6.62. The molecule has 0 aliphatic heterocycles. The number of nitrogens with one attached hydrogen (secondary N) is 2. The molecule has 2 aromatic carbocycles. The maximum absolute atomic E-state index is 13.3. The van der Waals surface area contributed by atoms with E-state index in [0.29, 0.717) is 17.7 Å². The zero-order valence-electron chi connectivity index (χ0n) is 15.9. The molecule has 0 amide bonds. The summed E-state index contributed by atoms with van der Waals surface area (Å²) in [5, 5.41) is 9.28. The quantitative estimate of drug-likeness (QED) is 0.537. The molecule has 0 radical (unpaired) electrons. The maximum Gasteiger partial charge on any atom is 0.227 e. The molecule has 28 heavy (non-hydrogen) atoms. The molecule has 4 rings (SSSR count). The minimum Gasteiger partial charge on any atom is -0.339 e. The highest BCUT2D eigenvalue weighted by Crippen LogP contribution is 2.25. The van der Waals surface area contributed by atoms with E-state index in [9.17, 15) is 8.42 Å². The van der Waals surface area contributed by atoms with Crippen LogP contribution in [0.3, 0.4) is 0 Å². The summed E-state index contributed by atoms with van der Waals surface area (Å²) in [6.07, 6.45) is 1.78. The van der Waals surface area contributed by atoms with Gasteiger partial charge in [0.25, 0.3) is 0 Å². The summed E-state index contributed by atoms with van der Waals surface area (Å²) < 4.78 is 28.3. The van der Waals surface area contributed by atoms with Crippen LogP contribution < -0.4 is 5.49 Å². The third-order valence-electron chi connectivity index (χ3n) is 4.94. The van der Waals surface area contributed by atoms with E-state index in [4.69, 9.17) is 5.41 Å². The van der Waals surface area contributed by atoms with Crippen LogP contribution in [0.25, 0.3) is 22.1 Å². The highest BCUT2D eigenvalue weighted by atomic mass is 32.2. The Kier molecular flexibility index (Phi) is 4.55. The fourth-order valence-corrected chi connectivity index (χ4v) is 4.65. The average Bonchev–Trinajstić information content (AvgIpc) is 3.05. The Morgan fingerprint density at radius 3 is 2.54 bits per heavy atom. The van der Waals surface area contributed by atoms with Crippen LogP contribution in [0.1, 0.15) is 25.3 Å². The standard InChI is InChI=1S/C21H22N4O2S/c1-3-4-13-25-19(22)21(28(26,27)15-11-9-14(2)10-12-15)24-18-16-7-5-6-8-17(16)23-20(18)25/h5-12,22-23H,3-4,13H2,1-2H3. The number of para-hydroxylation sites is 1. The normalized spacial score (nSPS) is 12.1. The van der Waals surface area contributed by atoms with Crippen molar-refractivity contribution in [2.24, 2.45) is 0 Å². The van der Waals surface area contributed by atoms with Gasteiger partial charge in [0.1, 0.15) is 11.2 Å². The van der Waals surface area contributed by atoms with Gasteiger partial charge in [-0.15, -0.1) is 0 Å². The van der Waals surface area contributed by atoms with Crippen LogP contribution in [-0.2, 0) is 16.4 Å². The van der Waals surface area contributed by atoms with Crippen LogP contribution in [0.15, 0.2) is 58.5 Å². The van der Waals surface area contributed by atoms with Crippen LogP contribution in [0.4, 0.5) is 0 Å². The summed E-state index contributed by atoms with van der Waals surface area (Å²) in [6, 6.07) is 14.3. The van der Waals surface area contributed by atoms with E-state index in [1.807, 2.05) is 31.2 Å². The van der Waals surface area contributed by atoms with E-state index in [2.05, 4.69) is 16.9 Å². The molecule has 2 N–H and O–H groups in total. The molecule has 0 spiro atoms. The Hall–Kier alpha value is -2.93. The Morgan fingerprint density at radius 1 is 1.11 bits per heavy atom. The molecule has 144 valence electrons. The summed E-state index contributed by atoms with van der Waals surface area (Å²) in [7, 11) is -3.91. The number of benzene rings is 2. The number of sulfone groups is 1. The zero-order chi connectivity index (χ0) is 19.9. The first kappa shape index (κ1) is 18.4. The Bertz CT molecular complexity index is 1330. The highest BCUT2D eigenvalue weighted by Gasteiger charge is 2.25. The number of fused-ring (bicyclic) bond motifs is 3. The summed E-state index contributed by atoms with van der Waals surface area (Å²) >= 11 is 0. The van der Waals surface area contributed by atoms with Crippen molar-refractivity contribution < 1.29 is 8.42 Å². The fraction of sp³-hybridized carbons (Fsp3) is 0.238. The Balaban J connectivity index is 2.05. The lowest BCUT2D eigenvalue weighted by atomic mass is 10.2. The SMILES string of the molecule is CCCCn1c(=N)c(S(=O)(=O)c2ccc(C)cc2)nc2c3ccccc3[nH]c21. The van der Waals surface area contributed by atoms with E-state index in [-0.39, 0.29) is 15.4 Å². The number of aryl methyl sites for hydroxylation is 2. The average molecular weight is 395 g/mol. The van der Waals surface area contributed by atoms with Gasteiger partial charge < -0.3 is 9.55 Å². The molecule has 2 aromatic heterocycles. The number of nitrogens with zero attached hydrogens (tertiary/aromatic N) is 2. The molecule has 0 aliphatic rings. The van der Waals surface area contributed by atoms with Gasteiger partial charge in [0.2, 0.25) is 14.9 Å². The first-order valence-corrected chi connectivity index (χ1v) is 10.8. The van der Waals surface area contributed by atoms with Crippen molar-refractivity contribution in [3.05, 3.63) is 59.6 Å². The first-order valence-electron chi connectivity index (χ1n) is 9.31. The van der Waals surface area contributed by atoms with Gasteiger partial charge in [0, 0.05) is 17.4 Å². The Labute approximate surface area is 163 Å². The molecule has 6 nitrogen and oxygen atoms in total. The minimum absolute atomic E-state index is 0.0897. The van der Waals surface area contributed by atoms with E-state index in [1.54, 1.807) is 28.8 Å². The predicted octanol–water partition coefficient (Wildman–Crippen LogP) is 3.94. The number of hydrogen-bond donors (Lipinski definition) is 2. The van der Waals surface area contributed by atoms with Crippen molar-refractivity contribution in [3.63, 3.8) is 0 Å². The van der Waals surface area contributed by atoms with Crippen LogP contribution in [0, 0.1) is 12.3 Å². The number of aromatic nitrogens is 3. The number of aromatic amines is 1. The van der Waals surface area contributed by atoms with Crippen LogP contribution in [0.2, 0.25) is 0 Å². The number of H-pyrrole nitrogens is 1. The van der Waals surface area contributed by atoms with Gasteiger partial charge in [-0.3, -0.25) is 5.41 Å². The maximum atomic E-state index is 13.3. The van der Waals surface area contributed by atoms with Gasteiger partial charge in [-0.05, 0) is 31.5 Å². The lowest BCUT2D eigenvalue weighted by molar-refractivity contribution is 0.572. The summed E-state index contributed by atoms with van der Waals surface area (Å²) in [5.41, 5.74) is 3.02. The molecular weight excluding hydrogens is 372 g/mol. The van der Waals surface area contributed by atoms with Crippen molar-refractivity contribution >= 4 is 31.9 Å². The smallest absolute Gasteiger partial charge is 0.227 e. The summed E-state index contributed by atoms with van der Waals surface area (Å²) in [4.78, 5) is 7.94.